The Labute approximate surface area is 91.0 Å². The monoisotopic (exact) mass is 249 g/mol. The number of halogens is 1. The zero-order chi connectivity index (χ0) is 10.1. The van der Waals surface area contributed by atoms with Gasteiger partial charge in [0.1, 0.15) is 0 Å². The van der Waals surface area contributed by atoms with Crippen LogP contribution in [0.4, 0.5) is 0 Å². The Balaban J connectivity index is 2.41. The quantitative estimate of drug-likeness (QED) is 0.698. The highest BCUT2D eigenvalue weighted by molar-refractivity contribution is 9.10. The van der Waals surface area contributed by atoms with Crippen molar-refractivity contribution < 1.29 is 4.79 Å². The smallest absolute Gasteiger partial charge is 0.255 e. The fraction of sp³-hybridized carbons (Fsp3) is 0.182. The number of carbonyl (C=O) groups excluding carboxylic acids is 1. The summed E-state index contributed by atoms with van der Waals surface area (Å²) in [4.78, 5) is 13.4. The minimum absolute atomic E-state index is 0.0271. The van der Waals surface area contributed by atoms with Crippen LogP contribution >= 0.6 is 15.9 Å². The number of benzene rings is 1. The summed E-state index contributed by atoms with van der Waals surface area (Å²) in [5.41, 5.74) is 1.79. The Hall–Kier alpha value is -1.27. The second kappa shape index (κ2) is 3.47. The molecule has 3 heteroatoms. The molecule has 0 fully saturated rings. The van der Waals surface area contributed by atoms with Crippen molar-refractivity contribution in [1.82, 2.24) is 4.90 Å². The van der Waals surface area contributed by atoms with Crippen LogP contribution < -0.4 is 0 Å². The van der Waals surface area contributed by atoms with E-state index in [1.54, 1.807) is 4.90 Å². The summed E-state index contributed by atoms with van der Waals surface area (Å²) in [6, 6.07) is 5.63. The van der Waals surface area contributed by atoms with Crippen LogP contribution in [0.15, 0.2) is 22.7 Å². The maximum atomic E-state index is 11.7. The fourth-order valence-electron chi connectivity index (χ4n) is 1.59. The summed E-state index contributed by atoms with van der Waals surface area (Å²) in [7, 11) is 0. The van der Waals surface area contributed by atoms with Gasteiger partial charge in [0, 0.05) is 16.6 Å². The van der Waals surface area contributed by atoms with Gasteiger partial charge in [-0.15, -0.1) is 6.42 Å². The van der Waals surface area contributed by atoms with E-state index in [1.807, 2.05) is 18.2 Å². The van der Waals surface area contributed by atoms with Gasteiger partial charge in [-0.1, -0.05) is 27.9 Å². The van der Waals surface area contributed by atoms with E-state index in [2.05, 4.69) is 21.9 Å². The predicted molar refractivity (Wildman–Crippen MR) is 57.7 cm³/mol. The lowest BCUT2D eigenvalue weighted by atomic mass is 10.1. The van der Waals surface area contributed by atoms with Crippen LogP contribution in [0, 0.1) is 12.3 Å². The van der Waals surface area contributed by atoms with E-state index < -0.39 is 0 Å². The lowest BCUT2D eigenvalue weighted by Gasteiger charge is -2.10. The third kappa shape index (κ3) is 1.32. The highest BCUT2D eigenvalue weighted by Crippen LogP contribution is 2.28. The largest absolute Gasteiger partial charge is 0.323 e. The van der Waals surface area contributed by atoms with Crippen molar-refractivity contribution in [3.63, 3.8) is 0 Å². The SMILES string of the molecule is C#CCN1Cc2c(Br)cccc2C1=O. The van der Waals surface area contributed by atoms with Gasteiger partial charge in [-0.3, -0.25) is 4.79 Å². The molecule has 0 saturated heterocycles. The summed E-state index contributed by atoms with van der Waals surface area (Å²) in [5.74, 6) is 2.51. The van der Waals surface area contributed by atoms with Gasteiger partial charge >= 0.3 is 0 Å². The van der Waals surface area contributed by atoms with Gasteiger partial charge in [-0.05, 0) is 17.7 Å². The summed E-state index contributed by atoms with van der Waals surface area (Å²) in [5, 5.41) is 0. The number of fused-ring (bicyclic) bond motifs is 1. The molecule has 0 saturated carbocycles. The van der Waals surface area contributed by atoms with Crippen molar-refractivity contribution in [3.8, 4) is 12.3 Å². The van der Waals surface area contributed by atoms with Gasteiger partial charge in [0.15, 0.2) is 0 Å². The molecule has 0 aromatic heterocycles. The second-order valence-electron chi connectivity index (χ2n) is 3.13. The number of carbonyl (C=O) groups is 1. The third-order valence-electron chi connectivity index (χ3n) is 2.27. The van der Waals surface area contributed by atoms with Crippen LogP contribution in [-0.2, 0) is 6.54 Å². The molecule has 1 heterocycles. The van der Waals surface area contributed by atoms with E-state index >= 15 is 0 Å². The van der Waals surface area contributed by atoms with Crippen LogP contribution in [0.25, 0.3) is 0 Å². The van der Waals surface area contributed by atoms with Crippen molar-refractivity contribution in [3.05, 3.63) is 33.8 Å². The van der Waals surface area contributed by atoms with Crippen molar-refractivity contribution >= 4 is 21.8 Å². The van der Waals surface area contributed by atoms with Crippen LogP contribution in [0.2, 0.25) is 0 Å². The number of amides is 1. The molecule has 2 rings (SSSR count). The van der Waals surface area contributed by atoms with E-state index in [0.29, 0.717) is 13.1 Å². The zero-order valence-electron chi connectivity index (χ0n) is 7.46. The lowest BCUT2D eigenvalue weighted by Crippen LogP contribution is -2.23. The number of hydrogen-bond donors (Lipinski definition) is 0. The standard InChI is InChI=1S/C11H8BrNO/c1-2-6-13-7-9-8(11(13)14)4-3-5-10(9)12/h1,3-5H,6-7H2. The highest BCUT2D eigenvalue weighted by Gasteiger charge is 2.27. The first-order valence-corrected chi connectivity index (χ1v) is 5.03. The molecule has 0 bridgehead atoms. The van der Waals surface area contributed by atoms with Gasteiger partial charge in [-0.2, -0.15) is 0 Å². The predicted octanol–water partition coefficient (Wildman–Crippen LogP) is 2.04. The lowest BCUT2D eigenvalue weighted by molar-refractivity contribution is 0.0799. The first-order valence-electron chi connectivity index (χ1n) is 4.24. The van der Waals surface area contributed by atoms with E-state index in [9.17, 15) is 4.79 Å². The molecule has 0 spiro atoms. The molecule has 1 aromatic rings. The molecule has 0 unspecified atom stereocenters. The Kier molecular flexibility index (Phi) is 2.30. The van der Waals surface area contributed by atoms with Crippen molar-refractivity contribution in [2.75, 3.05) is 6.54 Å². The van der Waals surface area contributed by atoms with E-state index in [0.717, 1.165) is 15.6 Å². The average Bonchev–Trinajstić information content (AvgIpc) is 2.48. The summed E-state index contributed by atoms with van der Waals surface area (Å²) in [6.45, 7) is 0.986. The van der Waals surface area contributed by atoms with Crippen molar-refractivity contribution in [2.45, 2.75) is 6.54 Å². The molecule has 0 radical (unpaired) electrons. The molecule has 0 N–H and O–H groups in total. The van der Waals surface area contributed by atoms with Crippen molar-refractivity contribution in [1.29, 1.82) is 0 Å². The van der Waals surface area contributed by atoms with Gasteiger partial charge in [0.25, 0.3) is 5.91 Å². The normalized spacial score (nSPS) is 14.0. The molecule has 1 aromatic carbocycles. The summed E-state index contributed by atoms with van der Waals surface area (Å²) in [6.07, 6.45) is 5.19. The Morgan fingerprint density at radius 2 is 2.36 bits per heavy atom. The van der Waals surface area contributed by atoms with E-state index in [4.69, 9.17) is 6.42 Å². The minimum Gasteiger partial charge on any atom is -0.323 e. The molecule has 70 valence electrons. The number of hydrogen-bond acceptors (Lipinski definition) is 1. The van der Waals surface area contributed by atoms with Crippen LogP contribution in [0.3, 0.4) is 0 Å². The maximum absolute atomic E-state index is 11.7. The van der Waals surface area contributed by atoms with Crippen LogP contribution in [0.5, 0.6) is 0 Å². The zero-order valence-corrected chi connectivity index (χ0v) is 9.04. The number of terminal acetylenes is 1. The van der Waals surface area contributed by atoms with Gasteiger partial charge in [0.2, 0.25) is 0 Å². The topological polar surface area (TPSA) is 20.3 Å². The molecular weight excluding hydrogens is 242 g/mol. The summed E-state index contributed by atoms with van der Waals surface area (Å²) < 4.78 is 0.975. The molecular formula is C11H8BrNO. The van der Waals surface area contributed by atoms with Gasteiger partial charge < -0.3 is 4.90 Å². The number of nitrogens with zero attached hydrogens (tertiary/aromatic N) is 1. The Morgan fingerprint density at radius 3 is 3.00 bits per heavy atom. The van der Waals surface area contributed by atoms with Gasteiger partial charge in [0.05, 0.1) is 6.54 Å². The van der Waals surface area contributed by atoms with Crippen molar-refractivity contribution in [2.24, 2.45) is 0 Å². The summed E-state index contributed by atoms with van der Waals surface area (Å²) >= 11 is 3.42. The Bertz CT molecular complexity index is 433. The van der Waals surface area contributed by atoms with Gasteiger partial charge in [-0.25, -0.2) is 0 Å². The maximum Gasteiger partial charge on any atom is 0.255 e. The molecule has 0 aliphatic carbocycles. The highest BCUT2D eigenvalue weighted by atomic mass is 79.9. The Morgan fingerprint density at radius 1 is 1.57 bits per heavy atom. The second-order valence-corrected chi connectivity index (χ2v) is 3.99. The van der Waals surface area contributed by atoms with Crippen LogP contribution in [0.1, 0.15) is 15.9 Å². The fourth-order valence-corrected chi connectivity index (χ4v) is 2.08. The molecule has 1 aliphatic heterocycles. The van der Waals surface area contributed by atoms with E-state index in [1.165, 1.54) is 0 Å². The molecule has 0 atom stereocenters. The first-order chi connectivity index (χ1) is 6.74. The van der Waals surface area contributed by atoms with Crippen LogP contribution in [-0.4, -0.2) is 17.4 Å². The molecule has 1 amide bonds. The first kappa shape index (κ1) is 9.29. The minimum atomic E-state index is 0.0271. The number of rotatable bonds is 1. The van der Waals surface area contributed by atoms with E-state index in [-0.39, 0.29) is 5.91 Å². The molecule has 14 heavy (non-hydrogen) atoms. The third-order valence-corrected chi connectivity index (χ3v) is 3.01. The average molecular weight is 250 g/mol. The molecule has 2 nitrogen and oxygen atoms in total. The molecule has 1 aliphatic rings.